The summed E-state index contributed by atoms with van der Waals surface area (Å²) in [5.41, 5.74) is 2.07. The van der Waals surface area contributed by atoms with Crippen LogP contribution in [0.15, 0.2) is 77.3 Å². The summed E-state index contributed by atoms with van der Waals surface area (Å²) in [5.74, 6) is 0.956. The number of aromatic nitrogens is 1. The van der Waals surface area contributed by atoms with Gasteiger partial charge in [0.15, 0.2) is 0 Å². The monoisotopic (exact) mass is 415 g/mol. The van der Waals surface area contributed by atoms with Crippen LogP contribution < -0.4 is 31.8 Å². The van der Waals surface area contributed by atoms with E-state index in [1.807, 2.05) is 60.0 Å². The quantitative estimate of drug-likeness (QED) is 0.603. The molecular weight excluding hydrogens is 398 g/mol. The molecule has 128 valence electrons. The fraction of sp³-hybridized carbons (Fsp3) is 0.111. The summed E-state index contributed by atoms with van der Waals surface area (Å²) in [7, 11) is 2.12. The Kier molecular flexibility index (Phi) is 4.89. The van der Waals surface area contributed by atoms with Crippen LogP contribution in [-0.2, 0) is 0 Å². The molecule has 25 heavy (non-hydrogen) atoms. The zero-order chi connectivity index (χ0) is 16.6. The lowest BCUT2D eigenvalue weighted by molar-refractivity contribution is -0.00000482. The molecule has 0 saturated carbocycles. The maximum absolute atomic E-state index is 4.84. The third-order valence-electron chi connectivity index (χ3n) is 4.19. The molecule has 1 aliphatic heterocycles. The van der Waals surface area contributed by atoms with E-state index in [1.165, 1.54) is 0 Å². The molecule has 1 unspecified atom stereocenters. The van der Waals surface area contributed by atoms with E-state index in [1.54, 1.807) is 11.3 Å². The fourth-order valence-electron chi connectivity index (χ4n) is 2.85. The third kappa shape index (κ3) is 2.84. The maximum Gasteiger partial charge on any atom is 0.318 e. The first-order valence-electron chi connectivity index (χ1n) is 7.74. The summed E-state index contributed by atoms with van der Waals surface area (Å²) in [5, 5.41) is 11.9. The Balaban J connectivity index is 0.00000182. The zero-order valence-electron chi connectivity index (χ0n) is 14.0. The summed E-state index contributed by atoms with van der Waals surface area (Å²) >= 11 is 1.63. The second kappa shape index (κ2) is 6.95. The number of para-hydroxylation sites is 2. The van der Waals surface area contributed by atoms with Crippen LogP contribution in [0.1, 0.15) is 6.92 Å². The number of benzene rings is 2. The Morgan fingerprint density at radius 1 is 0.920 bits per heavy atom. The van der Waals surface area contributed by atoms with Crippen LogP contribution in [0.25, 0.3) is 0 Å². The van der Waals surface area contributed by atoms with Gasteiger partial charge in [0.1, 0.15) is 12.7 Å². The number of amidine groups is 1. The van der Waals surface area contributed by atoms with E-state index < -0.39 is 0 Å². The van der Waals surface area contributed by atoms with Gasteiger partial charge in [-0.25, -0.2) is 0 Å². The molecule has 2 aromatic carbocycles. The first-order valence-corrected chi connectivity index (χ1v) is 8.62. The molecule has 0 radical (unpaired) electrons. The lowest BCUT2D eigenvalue weighted by Crippen LogP contribution is -3.00. The third-order valence-corrected chi connectivity index (χ3v) is 5.12. The Bertz CT molecular complexity index is 854. The molecule has 0 fully saturated rings. The van der Waals surface area contributed by atoms with Crippen molar-refractivity contribution in [3.05, 3.63) is 72.2 Å². The Hall–Kier alpha value is -2.22. The van der Waals surface area contributed by atoms with Crippen LogP contribution in [0.3, 0.4) is 0 Å². The Labute approximate surface area is 161 Å². The highest BCUT2D eigenvalue weighted by atomic mass is 79.9. The molecule has 0 spiro atoms. The number of rotatable bonds is 3. The topological polar surface area (TPSA) is 31.7 Å². The molecule has 5 nitrogen and oxygen atoms in total. The van der Waals surface area contributed by atoms with Crippen molar-refractivity contribution in [1.29, 1.82) is 0 Å². The van der Waals surface area contributed by atoms with Gasteiger partial charge in [-0.3, -0.25) is 0 Å². The van der Waals surface area contributed by atoms with Crippen LogP contribution in [-0.4, -0.2) is 17.9 Å². The lowest BCUT2D eigenvalue weighted by atomic mass is 10.3. The van der Waals surface area contributed by atoms with Crippen LogP contribution in [0, 0.1) is 0 Å². The van der Waals surface area contributed by atoms with E-state index in [9.17, 15) is 0 Å². The number of halogens is 1. The number of hydrogen-bond donors (Lipinski definition) is 0. The minimum Gasteiger partial charge on any atom is -1.00 e. The van der Waals surface area contributed by atoms with Crippen molar-refractivity contribution in [2.24, 2.45) is 5.10 Å². The highest BCUT2D eigenvalue weighted by Crippen LogP contribution is 2.38. The van der Waals surface area contributed by atoms with Crippen LogP contribution >= 0.6 is 11.3 Å². The van der Waals surface area contributed by atoms with Gasteiger partial charge in [-0.05, 0) is 24.3 Å². The van der Waals surface area contributed by atoms with Gasteiger partial charge in [0.2, 0.25) is 0 Å². The molecule has 0 bridgehead atoms. The number of anilines is 2. The predicted molar refractivity (Wildman–Crippen MR) is 101 cm³/mol. The molecule has 0 amide bonds. The molecule has 0 aliphatic carbocycles. The van der Waals surface area contributed by atoms with Crippen molar-refractivity contribution in [3.8, 4) is 0 Å². The highest BCUT2D eigenvalue weighted by molar-refractivity contribution is 7.13. The van der Waals surface area contributed by atoms with Crippen molar-refractivity contribution in [3.63, 3.8) is 0 Å². The molecule has 1 aromatic heterocycles. The second-order valence-corrected chi connectivity index (χ2v) is 6.54. The van der Waals surface area contributed by atoms with E-state index in [-0.39, 0.29) is 17.0 Å². The van der Waals surface area contributed by atoms with Gasteiger partial charge in [-0.2, -0.15) is 4.98 Å². The number of hydrazone groups is 1. The number of quaternary nitrogens is 1. The number of hydrazine groups is 1. The zero-order valence-corrected chi connectivity index (χ0v) is 16.4. The van der Waals surface area contributed by atoms with Crippen molar-refractivity contribution in [2.75, 3.05) is 17.3 Å². The minimum absolute atomic E-state index is 0. The standard InChI is InChI=1S/C18H18N5S.BrH/c1-15-20-21(16-9-5-3-6-10-16)22(17-11-7-4-8-12-17)23(15,2)18-19-13-14-24-18;/h3-14H,1-2H3;1H/q+1;/p-1. The Morgan fingerprint density at radius 2 is 1.52 bits per heavy atom. The van der Waals surface area contributed by atoms with E-state index in [0.29, 0.717) is 4.59 Å². The predicted octanol–water partition coefficient (Wildman–Crippen LogP) is 1.27. The first kappa shape index (κ1) is 17.6. The van der Waals surface area contributed by atoms with Gasteiger partial charge in [0.25, 0.3) is 5.84 Å². The van der Waals surface area contributed by atoms with E-state index >= 15 is 0 Å². The Morgan fingerprint density at radius 3 is 2.08 bits per heavy atom. The van der Waals surface area contributed by atoms with Gasteiger partial charge < -0.3 is 17.0 Å². The smallest absolute Gasteiger partial charge is 0.318 e. The molecule has 1 aliphatic rings. The fourth-order valence-corrected chi connectivity index (χ4v) is 3.63. The van der Waals surface area contributed by atoms with Gasteiger partial charge in [0.05, 0.1) is 5.69 Å². The van der Waals surface area contributed by atoms with E-state index in [0.717, 1.165) is 22.3 Å². The van der Waals surface area contributed by atoms with Crippen molar-refractivity contribution >= 4 is 33.7 Å². The average Bonchev–Trinajstić information content (AvgIpc) is 3.25. The number of thiazole rings is 1. The molecule has 0 saturated heterocycles. The summed E-state index contributed by atoms with van der Waals surface area (Å²) in [4.78, 5) is 4.57. The highest BCUT2D eigenvalue weighted by Gasteiger charge is 2.49. The maximum atomic E-state index is 4.84. The summed E-state index contributed by atoms with van der Waals surface area (Å²) in [6, 6.07) is 20.5. The molecule has 7 heteroatoms. The minimum atomic E-state index is 0. The molecule has 2 heterocycles. The van der Waals surface area contributed by atoms with E-state index in [2.05, 4.69) is 41.4 Å². The lowest BCUT2D eigenvalue weighted by Gasteiger charge is -2.37. The molecular formula is C18H18BrN5S. The largest absolute Gasteiger partial charge is 1.00 e. The van der Waals surface area contributed by atoms with Crippen molar-refractivity contribution in [1.82, 2.24) is 9.58 Å². The van der Waals surface area contributed by atoms with E-state index in [4.69, 9.17) is 5.10 Å². The van der Waals surface area contributed by atoms with Gasteiger partial charge in [-0.15, -0.1) is 5.12 Å². The van der Waals surface area contributed by atoms with Gasteiger partial charge >= 0.3 is 5.13 Å². The second-order valence-electron chi connectivity index (χ2n) is 5.67. The summed E-state index contributed by atoms with van der Waals surface area (Å²) in [6.45, 7) is 2.04. The SMILES string of the molecule is CC1=NN(c2ccccc2)N(c2ccccc2)[N+]1(C)c1nccs1.[Br-]. The molecule has 0 N–H and O–H groups in total. The van der Waals surface area contributed by atoms with Gasteiger partial charge in [-0.1, -0.05) is 62.5 Å². The summed E-state index contributed by atoms with van der Waals surface area (Å²) < 4.78 is 0.399. The normalized spacial score (nSPS) is 19.5. The molecule has 3 aromatic rings. The van der Waals surface area contributed by atoms with Gasteiger partial charge in [0, 0.05) is 18.5 Å². The number of nitrogens with zero attached hydrogens (tertiary/aromatic N) is 5. The number of hydrogen-bond acceptors (Lipinski definition) is 5. The summed E-state index contributed by atoms with van der Waals surface area (Å²) in [6.07, 6.45) is 1.84. The molecule has 4 rings (SSSR count). The van der Waals surface area contributed by atoms with Crippen LogP contribution in [0.2, 0.25) is 0 Å². The van der Waals surface area contributed by atoms with Crippen LogP contribution in [0.4, 0.5) is 16.5 Å². The molecule has 1 atom stereocenters. The van der Waals surface area contributed by atoms with Crippen LogP contribution in [0.5, 0.6) is 0 Å². The van der Waals surface area contributed by atoms with Crippen molar-refractivity contribution in [2.45, 2.75) is 6.92 Å². The average molecular weight is 416 g/mol. The first-order chi connectivity index (χ1) is 11.7. The van der Waals surface area contributed by atoms with Crippen molar-refractivity contribution < 1.29 is 17.0 Å².